The van der Waals surface area contributed by atoms with Gasteiger partial charge in [0, 0.05) is 6.42 Å². The minimum atomic E-state index is -0.499. The zero-order valence-electron chi connectivity index (χ0n) is 27.3. The molecule has 0 unspecified atom stereocenters. The van der Waals surface area contributed by atoms with E-state index < -0.39 is 12.0 Å². The summed E-state index contributed by atoms with van der Waals surface area (Å²) < 4.78 is 5.18. The Kier molecular flexibility index (Phi) is 31.6. The van der Waals surface area contributed by atoms with E-state index in [-0.39, 0.29) is 18.9 Å². The molecule has 0 saturated carbocycles. The molecule has 2 N–H and O–H groups in total. The van der Waals surface area contributed by atoms with Gasteiger partial charge in [-0.1, -0.05) is 168 Å². The molecule has 0 aromatic rings. The molecule has 0 spiro atoms. The highest BCUT2D eigenvalue weighted by molar-refractivity contribution is 5.86. The van der Waals surface area contributed by atoms with Crippen molar-refractivity contribution in [2.45, 2.75) is 187 Å². The second kappa shape index (κ2) is 32.9. The van der Waals surface area contributed by atoms with Crippen molar-refractivity contribution < 1.29 is 19.1 Å². The molecule has 0 bridgehead atoms. The topological polar surface area (TPSA) is 84.5 Å². The van der Waals surface area contributed by atoms with Gasteiger partial charge in [-0.05, 0) is 12.8 Å². The van der Waals surface area contributed by atoms with Crippen LogP contribution in [0.5, 0.6) is 0 Å². The Hall–Kier alpha value is -1.59. The van der Waals surface area contributed by atoms with Crippen LogP contribution in [0.1, 0.15) is 187 Å². The van der Waals surface area contributed by atoms with E-state index in [1.165, 1.54) is 141 Å². The van der Waals surface area contributed by atoms with Crippen molar-refractivity contribution in [1.29, 1.82) is 0 Å². The van der Waals surface area contributed by atoms with Crippen LogP contribution in [-0.2, 0) is 14.3 Å². The standard InChI is InChI=1S/C35H68N2O4/c1-3-5-7-9-11-13-15-16-17-18-19-20-21-23-25-27-29-33(38)31-36-35(40)37-32-34(39)41-30-28-26-24-22-14-12-10-8-6-4-2/h3-32H2,1-2H3,(H2,36,37,40). The fourth-order valence-corrected chi connectivity index (χ4v) is 5.18. The van der Waals surface area contributed by atoms with Crippen molar-refractivity contribution in [1.82, 2.24) is 10.6 Å². The SMILES string of the molecule is CCCCCCCCCCCCCCCCCCC(=O)CNC(=O)NCC(=O)OCCCCCCCCCCCC. The predicted molar refractivity (Wildman–Crippen MR) is 173 cm³/mol. The van der Waals surface area contributed by atoms with Crippen LogP contribution >= 0.6 is 0 Å². The molecule has 0 fully saturated rings. The lowest BCUT2D eigenvalue weighted by molar-refractivity contribution is -0.142. The summed E-state index contributed by atoms with van der Waals surface area (Å²) in [5.74, 6) is -0.399. The summed E-state index contributed by atoms with van der Waals surface area (Å²) in [5.41, 5.74) is 0. The highest BCUT2D eigenvalue weighted by atomic mass is 16.5. The van der Waals surface area contributed by atoms with Crippen LogP contribution in [0.15, 0.2) is 0 Å². The summed E-state index contributed by atoms with van der Waals surface area (Å²) in [6, 6.07) is -0.499. The molecule has 2 amide bonds. The van der Waals surface area contributed by atoms with Gasteiger partial charge in [-0.15, -0.1) is 0 Å². The van der Waals surface area contributed by atoms with E-state index in [1.54, 1.807) is 0 Å². The van der Waals surface area contributed by atoms with Gasteiger partial charge in [0.1, 0.15) is 6.54 Å². The third kappa shape index (κ3) is 32.8. The molecule has 0 aliphatic heterocycles. The Morgan fingerprint density at radius 2 is 0.780 bits per heavy atom. The van der Waals surface area contributed by atoms with E-state index in [0.717, 1.165) is 25.7 Å². The van der Waals surface area contributed by atoms with E-state index >= 15 is 0 Å². The number of ketones is 1. The molecule has 0 heterocycles. The van der Waals surface area contributed by atoms with Crippen LogP contribution in [0.3, 0.4) is 0 Å². The molecule has 0 aliphatic rings. The van der Waals surface area contributed by atoms with Crippen LogP contribution in [0.2, 0.25) is 0 Å². The molecule has 0 rings (SSSR count). The maximum atomic E-state index is 12.0. The monoisotopic (exact) mass is 581 g/mol. The number of unbranched alkanes of at least 4 members (excludes halogenated alkanes) is 24. The summed E-state index contributed by atoms with van der Waals surface area (Å²) in [4.78, 5) is 35.7. The zero-order chi connectivity index (χ0) is 30.1. The quantitative estimate of drug-likeness (QED) is 0.0612. The third-order valence-corrected chi connectivity index (χ3v) is 7.91. The Morgan fingerprint density at radius 1 is 0.439 bits per heavy atom. The van der Waals surface area contributed by atoms with Crippen LogP contribution in [-0.4, -0.2) is 37.5 Å². The minimum absolute atomic E-state index is 0.0121. The van der Waals surface area contributed by atoms with Gasteiger partial charge in [0.05, 0.1) is 13.2 Å². The lowest BCUT2D eigenvalue weighted by Gasteiger charge is -2.08. The predicted octanol–water partition coefficient (Wildman–Crippen LogP) is 9.97. The van der Waals surface area contributed by atoms with Crippen molar-refractivity contribution in [2.24, 2.45) is 0 Å². The lowest BCUT2D eigenvalue weighted by Crippen LogP contribution is -2.41. The minimum Gasteiger partial charge on any atom is -0.464 e. The third-order valence-electron chi connectivity index (χ3n) is 7.91. The van der Waals surface area contributed by atoms with Crippen molar-refractivity contribution >= 4 is 17.8 Å². The Bertz CT molecular complexity index is 597. The van der Waals surface area contributed by atoms with E-state index in [9.17, 15) is 14.4 Å². The number of Topliss-reactive ketones (excluding diaryl/α,β-unsaturated/α-hetero) is 1. The van der Waals surface area contributed by atoms with Crippen LogP contribution in [0.4, 0.5) is 4.79 Å². The van der Waals surface area contributed by atoms with Gasteiger partial charge < -0.3 is 15.4 Å². The average Bonchev–Trinajstić information content (AvgIpc) is 2.97. The fraction of sp³-hybridized carbons (Fsp3) is 0.914. The van der Waals surface area contributed by atoms with Gasteiger partial charge >= 0.3 is 12.0 Å². The molecule has 0 saturated heterocycles. The molecule has 6 heteroatoms. The number of hydrogen-bond acceptors (Lipinski definition) is 4. The highest BCUT2D eigenvalue weighted by Crippen LogP contribution is 2.14. The molecule has 242 valence electrons. The largest absolute Gasteiger partial charge is 0.464 e. The van der Waals surface area contributed by atoms with Crippen molar-refractivity contribution in [3.8, 4) is 0 Å². The normalized spacial score (nSPS) is 11.0. The van der Waals surface area contributed by atoms with Crippen molar-refractivity contribution in [3.63, 3.8) is 0 Å². The molecule has 0 aromatic carbocycles. The van der Waals surface area contributed by atoms with Crippen LogP contribution < -0.4 is 10.6 Å². The fourth-order valence-electron chi connectivity index (χ4n) is 5.18. The van der Waals surface area contributed by atoms with Gasteiger partial charge in [0.25, 0.3) is 0 Å². The van der Waals surface area contributed by atoms with Crippen molar-refractivity contribution in [2.75, 3.05) is 19.7 Å². The lowest BCUT2D eigenvalue weighted by atomic mass is 10.0. The molecule has 6 nitrogen and oxygen atoms in total. The summed E-state index contributed by atoms with van der Waals surface area (Å²) in [7, 11) is 0. The molecule has 0 aliphatic carbocycles. The van der Waals surface area contributed by atoms with Gasteiger partial charge in [0.15, 0.2) is 5.78 Å². The Labute approximate surface area is 254 Å². The van der Waals surface area contributed by atoms with Crippen molar-refractivity contribution in [3.05, 3.63) is 0 Å². The second-order valence-corrected chi connectivity index (χ2v) is 12.0. The number of nitrogens with one attached hydrogen (secondary N) is 2. The van der Waals surface area contributed by atoms with E-state index in [2.05, 4.69) is 24.5 Å². The number of esters is 1. The maximum Gasteiger partial charge on any atom is 0.325 e. The smallest absolute Gasteiger partial charge is 0.325 e. The number of rotatable bonds is 32. The molecule has 0 radical (unpaired) electrons. The number of urea groups is 1. The first-order valence-electron chi connectivity index (χ1n) is 17.8. The Morgan fingerprint density at radius 3 is 1.20 bits per heavy atom. The number of amides is 2. The molecular formula is C35H68N2O4. The first-order valence-corrected chi connectivity index (χ1v) is 17.8. The van der Waals surface area contributed by atoms with Gasteiger partial charge in [-0.3, -0.25) is 9.59 Å². The van der Waals surface area contributed by atoms with E-state index in [1.807, 2.05) is 0 Å². The summed E-state index contributed by atoms with van der Waals surface area (Å²) >= 11 is 0. The van der Waals surface area contributed by atoms with E-state index in [0.29, 0.717) is 13.0 Å². The summed E-state index contributed by atoms with van der Waals surface area (Å²) in [6.07, 6.45) is 33.8. The number of hydrogen-bond donors (Lipinski definition) is 2. The molecular weight excluding hydrogens is 512 g/mol. The molecule has 0 atom stereocenters. The first kappa shape index (κ1) is 39.4. The maximum absolute atomic E-state index is 12.0. The zero-order valence-corrected chi connectivity index (χ0v) is 27.3. The molecule has 41 heavy (non-hydrogen) atoms. The number of ether oxygens (including phenoxy) is 1. The Balaban J connectivity index is 3.39. The summed E-state index contributed by atoms with van der Waals surface area (Å²) in [6.45, 7) is 4.75. The second-order valence-electron chi connectivity index (χ2n) is 12.0. The summed E-state index contributed by atoms with van der Waals surface area (Å²) in [5, 5.41) is 5.02. The van der Waals surface area contributed by atoms with E-state index in [4.69, 9.17) is 4.74 Å². The number of carbonyl (C=O) groups is 3. The number of carbonyl (C=O) groups excluding carboxylic acids is 3. The first-order chi connectivity index (χ1) is 20.1. The van der Waals surface area contributed by atoms with Crippen LogP contribution in [0.25, 0.3) is 0 Å². The average molecular weight is 581 g/mol. The van der Waals surface area contributed by atoms with Gasteiger partial charge in [0.2, 0.25) is 0 Å². The van der Waals surface area contributed by atoms with Crippen LogP contribution in [0, 0.1) is 0 Å². The highest BCUT2D eigenvalue weighted by Gasteiger charge is 2.08. The van der Waals surface area contributed by atoms with Gasteiger partial charge in [-0.2, -0.15) is 0 Å². The molecule has 0 aromatic heterocycles. The van der Waals surface area contributed by atoms with Gasteiger partial charge in [-0.25, -0.2) is 4.79 Å².